The van der Waals surface area contributed by atoms with Crippen molar-refractivity contribution in [3.8, 4) is 17.0 Å². The topological polar surface area (TPSA) is 33.1 Å². The van der Waals surface area contributed by atoms with Crippen molar-refractivity contribution in [1.29, 1.82) is 0 Å². The van der Waals surface area contributed by atoms with Gasteiger partial charge in [0.05, 0.1) is 5.69 Å². The molecule has 0 atom stereocenters. The van der Waals surface area contributed by atoms with Crippen LogP contribution in [0.5, 0.6) is 5.75 Å². The van der Waals surface area contributed by atoms with Crippen LogP contribution in [0.15, 0.2) is 41.8 Å². The fourth-order valence-corrected chi connectivity index (χ4v) is 2.31. The number of hydrogen-bond donors (Lipinski definition) is 1. The van der Waals surface area contributed by atoms with Crippen LogP contribution in [0, 0.1) is 5.51 Å². The maximum atomic E-state index is 9.77. The minimum atomic E-state index is 0.304. The van der Waals surface area contributed by atoms with Crippen LogP contribution in [0.25, 0.3) is 22.0 Å². The average molecular weight is 226 g/mol. The minimum absolute atomic E-state index is 0.304. The molecule has 3 aromatic rings. The molecule has 2 aromatic carbocycles. The fourth-order valence-electron chi connectivity index (χ4n) is 1.81. The van der Waals surface area contributed by atoms with Crippen LogP contribution in [-0.4, -0.2) is 10.1 Å². The standard InChI is InChI=1S/C13H8NOS/c15-13-6-5-10(12-7-16-8-14-12)9-3-1-2-4-11(9)13/h1-7,15H. The van der Waals surface area contributed by atoms with Crippen LogP contribution in [0.2, 0.25) is 0 Å². The Morgan fingerprint density at radius 2 is 1.88 bits per heavy atom. The predicted octanol–water partition coefficient (Wildman–Crippen LogP) is 3.47. The number of aromatic hydroxyl groups is 1. The lowest BCUT2D eigenvalue weighted by atomic mass is 10.0. The minimum Gasteiger partial charge on any atom is -0.507 e. The van der Waals surface area contributed by atoms with E-state index in [0.717, 1.165) is 22.0 Å². The smallest absolute Gasteiger partial charge is 0.152 e. The van der Waals surface area contributed by atoms with Crippen LogP contribution in [0.4, 0.5) is 0 Å². The number of fused-ring (bicyclic) bond motifs is 1. The van der Waals surface area contributed by atoms with Gasteiger partial charge in [-0.3, -0.25) is 0 Å². The van der Waals surface area contributed by atoms with Crippen molar-refractivity contribution in [3.63, 3.8) is 0 Å². The summed E-state index contributed by atoms with van der Waals surface area (Å²) in [6.45, 7) is 0. The summed E-state index contributed by atoms with van der Waals surface area (Å²) in [5, 5.41) is 13.6. The Balaban J connectivity index is 2.39. The highest BCUT2D eigenvalue weighted by Crippen LogP contribution is 2.33. The van der Waals surface area contributed by atoms with Crippen molar-refractivity contribution in [1.82, 2.24) is 4.98 Å². The molecule has 3 rings (SSSR count). The van der Waals surface area contributed by atoms with Gasteiger partial charge in [0.15, 0.2) is 5.51 Å². The molecule has 77 valence electrons. The Morgan fingerprint density at radius 1 is 1.06 bits per heavy atom. The van der Waals surface area contributed by atoms with Crippen LogP contribution in [0.1, 0.15) is 0 Å². The summed E-state index contributed by atoms with van der Waals surface area (Å²) in [5.74, 6) is 0.304. The van der Waals surface area contributed by atoms with Crippen molar-refractivity contribution in [2.45, 2.75) is 0 Å². The van der Waals surface area contributed by atoms with Gasteiger partial charge in [0.1, 0.15) is 5.75 Å². The summed E-state index contributed by atoms with van der Waals surface area (Å²) in [5.41, 5.74) is 4.77. The second kappa shape index (κ2) is 3.61. The van der Waals surface area contributed by atoms with Crippen molar-refractivity contribution in [2.24, 2.45) is 0 Å². The van der Waals surface area contributed by atoms with Gasteiger partial charge in [-0.05, 0) is 17.5 Å². The second-order valence-corrected chi connectivity index (χ2v) is 4.16. The third-order valence-corrected chi connectivity index (χ3v) is 3.10. The quantitative estimate of drug-likeness (QED) is 0.689. The molecule has 16 heavy (non-hydrogen) atoms. The normalized spacial score (nSPS) is 10.8. The van der Waals surface area contributed by atoms with E-state index in [2.05, 4.69) is 10.5 Å². The molecule has 1 N–H and O–H groups in total. The van der Waals surface area contributed by atoms with Gasteiger partial charge in [-0.25, -0.2) is 4.98 Å². The van der Waals surface area contributed by atoms with E-state index >= 15 is 0 Å². The van der Waals surface area contributed by atoms with Crippen molar-refractivity contribution < 1.29 is 5.11 Å². The lowest BCUT2D eigenvalue weighted by molar-refractivity contribution is 0.481. The highest BCUT2D eigenvalue weighted by molar-refractivity contribution is 7.07. The lowest BCUT2D eigenvalue weighted by Gasteiger charge is -2.05. The van der Waals surface area contributed by atoms with Gasteiger partial charge in [-0.2, -0.15) is 0 Å². The summed E-state index contributed by atoms with van der Waals surface area (Å²) in [6.07, 6.45) is 0. The predicted molar refractivity (Wildman–Crippen MR) is 65.6 cm³/mol. The molecule has 0 spiro atoms. The van der Waals surface area contributed by atoms with Crippen molar-refractivity contribution in [3.05, 3.63) is 47.3 Å². The van der Waals surface area contributed by atoms with Crippen molar-refractivity contribution >= 4 is 22.1 Å². The van der Waals surface area contributed by atoms with E-state index in [4.69, 9.17) is 0 Å². The Kier molecular flexibility index (Phi) is 2.11. The molecule has 1 aromatic heterocycles. The maximum absolute atomic E-state index is 9.77. The molecule has 2 nitrogen and oxygen atoms in total. The first kappa shape index (κ1) is 9.36. The van der Waals surface area contributed by atoms with Gasteiger partial charge in [0.2, 0.25) is 0 Å². The molecule has 0 bridgehead atoms. The summed E-state index contributed by atoms with van der Waals surface area (Å²) >= 11 is 1.45. The monoisotopic (exact) mass is 226 g/mol. The zero-order valence-corrected chi connectivity index (χ0v) is 9.16. The van der Waals surface area contributed by atoms with Crippen LogP contribution >= 0.6 is 11.3 Å². The number of thiazole rings is 1. The van der Waals surface area contributed by atoms with Gasteiger partial charge < -0.3 is 5.11 Å². The summed E-state index contributed by atoms with van der Waals surface area (Å²) in [7, 11) is 0. The summed E-state index contributed by atoms with van der Waals surface area (Å²) in [4.78, 5) is 4.18. The average Bonchev–Trinajstić information content (AvgIpc) is 2.83. The molecule has 3 heteroatoms. The molecular formula is C13H8NOS. The Hall–Kier alpha value is -1.87. The molecule has 0 saturated heterocycles. The molecule has 0 aliphatic rings. The van der Waals surface area contributed by atoms with Gasteiger partial charge in [-0.1, -0.05) is 24.3 Å². The number of phenolic OH excluding ortho intramolecular Hbond substituents is 1. The van der Waals surface area contributed by atoms with E-state index < -0.39 is 0 Å². The van der Waals surface area contributed by atoms with Crippen molar-refractivity contribution in [2.75, 3.05) is 0 Å². The number of phenols is 1. The zero-order chi connectivity index (χ0) is 11.0. The number of nitrogens with zero attached hydrogens (tertiary/aromatic N) is 1. The summed E-state index contributed by atoms with van der Waals surface area (Å²) in [6, 6.07) is 11.4. The Bertz CT molecular complexity index is 631. The number of rotatable bonds is 1. The molecule has 0 saturated carbocycles. The number of aromatic nitrogens is 1. The van der Waals surface area contributed by atoms with E-state index in [0.29, 0.717) is 5.75 Å². The van der Waals surface area contributed by atoms with Gasteiger partial charge >= 0.3 is 0 Å². The number of benzene rings is 2. The van der Waals surface area contributed by atoms with Crippen LogP contribution in [0.3, 0.4) is 0 Å². The zero-order valence-electron chi connectivity index (χ0n) is 8.34. The highest BCUT2D eigenvalue weighted by atomic mass is 32.1. The largest absolute Gasteiger partial charge is 0.507 e. The Morgan fingerprint density at radius 3 is 2.62 bits per heavy atom. The van der Waals surface area contributed by atoms with Gasteiger partial charge in [-0.15, -0.1) is 11.3 Å². The van der Waals surface area contributed by atoms with E-state index in [-0.39, 0.29) is 0 Å². The highest BCUT2D eigenvalue weighted by Gasteiger charge is 2.07. The first-order chi connectivity index (χ1) is 7.86. The second-order valence-electron chi connectivity index (χ2n) is 3.50. The van der Waals surface area contributed by atoms with E-state index in [1.807, 2.05) is 35.7 Å². The molecule has 1 radical (unpaired) electrons. The lowest BCUT2D eigenvalue weighted by Crippen LogP contribution is -1.81. The van der Waals surface area contributed by atoms with E-state index in [1.54, 1.807) is 6.07 Å². The fraction of sp³-hybridized carbons (Fsp3) is 0. The van der Waals surface area contributed by atoms with Gasteiger partial charge in [0, 0.05) is 16.3 Å². The van der Waals surface area contributed by atoms with Gasteiger partial charge in [0.25, 0.3) is 0 Å². The third kappa shape index (κ3) is 1.37. The number of hydrogen-bond acceptors (Lipinski definition) is 3. The SMILES string of the molecule is Oc1ccc(-c2cs[c]n2)c2ccccc12. The maximum Gasteiger partial charge on any atom is 0.152 e. The molecule has 0 aliphatic carbocycles. The molecule has 0 unspecified atom stereocenters. The van der Waals surface area contributed by atoms with Crippen LogP contribution in [-0.2, 0) is 0 Å². The molecular weight excluding hydrogens is 218 g/mol. The molecule has 0 fully saturated rings. The first-order valence-electron chi connectivity index (χ1n) is 4.89. The van der Waals surface area contributed by atoms with Crippen LogP contribution < -0.4 is 0 Å². The molecule has 0 aliphatic heterocycles. The van der Waals surface area contributed by atoms with E-state index in [1.165, 1.54) is 11.3 Å². The molecule has 1 heterocycles. The summed E-state index contributed by atoms with van der Waals surface area (Å²) < 4.78 is 0. The third-order valence-electron chi connectivity index (χ3n) is 2.57. The first-order valence-corrected chi connectivity index (χ1v) is 5.77. The Labute approximate surface area is 96.8 Å². The van der Waals surface area contributed by atoms with E-state index in [9.17, 15) is 5.11 Å². The molecule has 0 amide bonds.